The smallest absolute Gasteiger partial charge is 0.123 e. The highest BCUT2D eigenvalue weighted by Crippen LogP contribution is 2.30. The number of benzene rings is 1. The highest BCUT2D eigenvalue weighted by atomic mass is 32.2. The second-order valence-electron chi connectivity index (χ2n) is 4.74. The van der Waals surface area contributed by atoms with Gasteiger partial charge in [-0.05, 0) is 38.3 Å². The lowest BCUT2D eigenvalue weighted by Gasteiger charge is -2.26. The van der Waals surface area contributed by atoms with Gasteiger partial charge in [0.2, 0.25) is 0 Å². The zero-order chi connectivity index (χ0) is 15.1. The molecule has 1 aromatic carbocycles. The van der Waals surface area contributed by atoms with Crippen molar-refractivity contribution in [3.63, 3.8) is 0 Å². The molecule has 0 aromatic heterocycles. The Morgan fingerprint density at radius 2 is 1.95 bits per heavy atom. The van der Waals surface area contributed by atoms with Crippen molar-refractivity contribution in [2.45, 2.75) is 31.2 Å². The first-order valence-corrected chi connectivity index (χ1v) is 7.97. The van der Waals surface area contributed by atoms with E-state index in [0.717, 1.165) is 17.1 Å². The van der Waals surface area contributed by atoms with Gasteiger partial charge in [0, 0.05) is 22.9 Å². The molecule has 3 unspecified atom stereocenters. The van der Waals surface area contributed by atoms with Gasteiger partial charge in [-0.1, -0.05) is 0 Å². The normalized spacial score (nSPS) is 15.5. The van der Waals surface area contributed by atoms with Gasteiger partial charge in [-0.25, -0.2) is 0 Å². The Morgan fingerprint density at radius 3 is 2.45 bits per heavy atom. The SMILES string of the molecule is COc1ccc(OC)c(C(C)NC(C)C(CO)SC)c1. The Morgan fingerprint density at radius 1 is 1.25 bits per heavy atom. The molecule has 0 saturated carbocycles. The molecular weight excluding hydrogens is 274 g/mol. The summed E-state index contributed by atoms with van der Waals surface area (Å²) in [4.78, 5) is 0. The first-order valence-electron chi connectivity index (χ1n) is 6.69. The molecule has 0 saturated heterocycles. The number of aliphatic hydroxyl groups excluding tert-OH is 1. The molecule has 0 fully saturated rings. The van der Waals surface area contributed by atoms with Crippen LogP contribution in [0, 0.1) is 0 Å². The lowest BCUT2D eigenvalue weighted by atomic mass is 10.0. The summed E-state index contributed by atoms with van der Waals surface area (Å²) in [6.07, 6.45) is 2.01. The van der Waals surface area contributed by atoms with Gasteiger partial charge >= 0.3 is 0 Å². The zero-order valence-corrected chi connectivity index (χ0v) is 13.7. The molecule has 0 amide bonds. The lowest BCUT2D eigenvalue weighted by molar-refractivity contribution is 0.271. The van der Waals surface area contributed by atoms with Crippen LogP contribution in [-0.4, -0.2) is 43.5 Å². The number of ether oxygens (including phenoxy) is 2. The van der Waals surface area contributed by atoms with E-state index in [9.17, 15) is 5.11 Å². The summed E-state index contributed by atoms with van der Waals surface area (Å²) in [6.45, 7) is 4.33. The van der Waals surface area contributed by atoms with Crippen LogP contribution in [0.2, 0.25) is 0 Å². The van der Waals surface area contributed by atoms with E-state index in [1.807, 2.05) is 24.5 Å². The second kappa shape index (κ2) is 8.39. The van der Waals surface area contributed by atoms with Crippen LogP contribution in [0.1, 0.15) is 25.5 Å². The average Bonchev–Trinajstić information content (AvgIpc) is 2.47. The van der Waals surface area contributed by atoms with Crippen LogP contribution in [0.5, 0.6) is 11.5 Å². The highest BCUT2D eigenvalue weighted by Gasteiger charge is 2.20. The first-order chi connectivity index (χ1) is 9.57. The Hall–Kier alpha value is -0.910. The van der Waals surface area contributed by atoms with Gasteiger partial charge in [-0.3, -0.25) is 0 Å². The Balaban J connectivity index is 2.87. The number of hydrogen-bond donors (Lipinski definition) is 2. The van der Waals surface area contributed by atoms with Crippen LogP contribution >= 0.6 is 11.8 Å². The van der Waals surface area contributed by atoms with Gasteiger partial charge in [-0.2, -0.15) is 11.8 Å². The van der Waals surface area contributed by atoms with Gasteiger partial charge < -0.3 is 19.9 Å². The maximum Gasteiger partial charge on any atom is 0.123 e. The number of nitrogens with one attached hydrogen (secondary N) is 1. The fraction of sp³-hybridized carbons (Fsp3) is 0.600. The molecule has 0 aliphatic rings. The molecule has 114 valence electrons. The van der Waals surface area contributed by atoms with Gasteiger partial charge in [0.1, 0.15) is 11.5 Å². The molecule has 0 radical (unpaired) electrons. The van der Waals surface area contributed by atoms with E-state index < -0.39 is 0 Å². The Bertz CT molecular complexity index is 410. The predicted octanol–water partition coefficient (Wildman–Crippen LogP) is 2.47. The van der Waals surface area contributed by atoms with E-state index >= 15 is 0 Å². The van der Waals surface area contributed by atoms with Crippen LogP contribution in [0.3, 0.4) is 0 Å². The number of methoxy groups -OCH3 is 2. The van der Waals surface area contributed by atoms with E-state index in [2.05, 4.69) is 19.2 Å². The molecule has 0 spiro atoms. The van der Waals surface area contributed by atoms with Crippen LogP contribution in [-0.2, 0) is 0 Å². The monoisotopic (exact) mass is 299 g/mol. The first kappa shape index (κ1) is 17.1. The molecule has 2 N–H and O–H groups in total. The van der Waals surface area contributed by atoms with Crippen LogP contribution < -0.4 is 14.8 Å². The lowest BCUT2D eigenvalue weighted by Crippen LogP contribution is -2.39. The minimum Gasteiger partial charge on any atom is -0.497 e. The third-order valence-corrected chi connectivity index (χ3v) is 4.62. The molecule has 4 nitrogen and oxygen atoms in total. The van der Waals surface area contributed by atoms with Crippen molar-refractivity contribution in [2.75, 3.05) is 27.1 Å². The maximum absolute atomic E-state index is 9.36. The fourth-order valence-corrected chi connectivity index (χ4v) is 2.84. The molecule has 0 aliphatic heterocycles. The van der Waals surface area contributed by atoms with E-state index in [-0.39, 0.29) is 23.9 Å². The summed E-state index contributed by atoms with van der Waals surface area (Å²) in [7, 11) is 3.32. The van der Waals surface area contributed by atoms with Crippen LogP contribution in [0.15, 0.2) is 18.2 Å². The van der Waals surface area contributed by atoms with Crippen LogP contribution in [0.4, 0.5) is 0 Å². The van der Waals surface area contributed by atoms with E-state index in [4.69, 9.17) is 9.47 Å². The van der Waals surface area contributed by atoms with Gasteiger partial charge in [0.05, 0.1) is 20.8 Å². The molecule has 1 aromatic rings. The molecular formula is C15H25NO3S. The Kier molecular flexibility index (Phi) is 7.19. The number of hydrogen-bond acceptors (Lipinski definition) is 5. The topological polar surface area (TPSA) is 50.7 Å². The number of rotatable bonds is 8. The summed E-state index contributed by atoms with van der Waals surface area (Å²) in [6, 6.07) is 6.08. The summed E-state index contributed by atoms with van der Waals surface area (Å²) in [5.74, 6) is 1.65. The third-order valence-electron chi connectivity index (χ3n) is 3.46. The van der Waals surface area contributed by atoms with E-state index in [0.29, 0.717) is 0 Å². The van der Waals surface area contributed by atoms with Crippen molar-refractivity contribution < 1.29 is 14.6 Å². The van der Waals surface area contributed by atoms with E-state index in [1.54, 1.807) is 26.0 Å². The largest absolute Gasteiger partial charge is 0.497 e. The van der Waals surface area contributed by atoms with Gasteiger partial charge in [0.15, 0.2) is 0 Å². The van der Waals surface area contributed by atoms with Crippen molar-refractivity contribution in [1.82, 2.24) is 5.32 Å². The van der Waals surface area contributed by atoms with Crippen molar-refractivity contribution >= 4 is 11.8 Å². The second-order valence-corrected chi connectivity index (χ2v) is 5.82. The minimum atomic E-state index is 0.108. The number of aliphatic hydroxyl groups is 1. The van der Waals surface area contributed by atoms with Gasteiger partial charge in [0.25, 0.3) is 0 Å². The molecule has 3 atom stereocenters. The maximum atomic E-state index is 9.36. The fourth-order valence-electron chi connectivity index (χ4n) is 2.21. The molecule has 0 aliphatic carbocycles. The zero-order valence-electron chi connectivity index (χ0n) is 12.8. The van der Waals surface area contributed by atoms with Crippen LogP contribution in [0.25, 0.3) is 0 Å². The summed E-state index contributed by atoms with van der Waals surface area (Å²) < 4.78 is 10.7. The summed E-state index contributed by atoms with van der Waals surface area (Å²) >= 11 is 1.66. The third kappa shape index (κ3) is 4.30. The molecule has 0 bridgehead atoms. The molecule has 1 rings (SSSR count). The Labute approximate surface area is 125 Å². The quantitative estimate of drug-likeness (QED) is 0.772. The molecule has 0 heterocycles. The van der Waals surface area contributed by atoms with Crippen molar-refractivity contribution in [1.29, 1.82) is 0 Å². The van der Waals surface area contributed by atoms with Crippen molar-refractivity contribution in [3.8, 4) is 11.5 Å². The average molecular weight is 299 g/mol. The molecule has 20 heavy (non-hydrogen) atoms. The standard InChI is InChI=1S/C15H25NO3S/c1-10(16-11(2)15(9-17)20-5)13-8-12(18-3)6-7-14(13)19-4/h6-8,10-11,15-17H,9H2,1-5H3. The predicted molar refractivity (Wildman–Crippen MR) is 84.9 cm³/mol. The highest BCUT2D eigenvalue weighted by molar-refractivity contribution is 7.99. The van der Waals surface area contributed by atoms with E-state index in [1.165, 1.54) is 0 Å². The summed E-state index contributed by atoms with van der Waals surface area (Å²) in [5.41, 5.74) is 1.05. The van der Waals surface area contributed by atoms with Gasteiger partial charge in [-0.15, -0.1) is 0 Å². The molecule has 5 heteroatoms. The van der Waals surface area contributed by atoms with Crippen molar-refractivity contribution in [3.05, 3.63) is 23.8 Å². The van der Waals surface area contributed by atoms with Crippen molar-refractivity contribution in [2.24, 2.45) is 0 Å². The summed E-state index contributed by atoms with van der Waals surface area (Å²) in [5, 5.41) is 13.0. The minimum absolute atomic E-state index is 0.108. The number of thioether (sulfide) groups is 1.